The zero-order chi connectivity index (χ0) is 17.2. The second-order valence-corrected chi connectivity index (χ2v) is 6.75. The van der Waals surface area contributed by atoms with Crippen LogP contribution in [0.1, 0.15) is 49.4 Å². The van der Waals surface area contributed by atoms with Crippen molar-refractivity contribution in [2.45, 2.75) is 51.5 Å². The van der Waals surface area contributed by atoms with E-state index in [0.29, 0.717) is 0 Å². The summed E-state index contributed by atoms with van der Waals surface area (Å²) in [5, 5.41) is 10.6. The number of benzene rings is 1. The van der Waals surface area contributed by atoms with E-state index in [1.165, 1.54) is 11.1 Å². The van der Waals surface area contributed by atoms with Gasteiger partial charge in [-0.1, -0.05) is 49.6 Å². The number of amides is 2. The monoisotopic (exact) mass is 326 g/mol. The number of nitrogens with zero attached hydrogens (tertiary/aromatic N) is 2. The molecule has 2 aromatic rings. The van der Waals surface area contributed by atoms with E-state index in [1.807, 2.05) is 20.2 Å². The number of nitrogens with one attached hydrogen (secondary N) is 2. The van der Waals surface area contributed by atoms with Gasteiger partial charge in [-0.15, -0.1) is 0 Å². The highest BCUT2D eigenvalue weighted by Crippen LogP contribution is 2.39. The molecule has 0 radical (unpaired) electrons. The summed E-state index contributed by atoms with van der Waals surface area (Å²) in [6.07, 6.45) is 6.89. The van der Waals surface area contributed by atoms with Crippen LogP contribution in [0.3, 0.4) is 0 Å². The molecule has 1 saturated carbocycles. The number of carbonyl (C=O) groups excluding carboxylic acids is 1. The van der Waals surface area contributed by atoms with Gasteiger partial charge in [-0.25, -0.2) is 4.79 Å². The van der Waals surface area contributed by atoms with Crippen LogP contribution in [0.25, 0.3) is 0 Å². The van der Waals surface area contributed by atoms with Crippen LogP contribution in [-0.4, -0.2) is 15.8 Å². The van der Waals surface area contributed by atoms with Gasteiger partial charge >= 0.3 is 6.03 Å². The molecule has 2 amide bonds. The number of carbonyl (C=O) groups is 1. The number of urea groups is 1. The van der Waals surface area contributed by atoms with Crippen molar-refractivity contribution in [1.29, 1.82) is 0 Å². The third kappa shape index (κ3) is 3.30. The Morgan fingerprint density at radius 1 is 1.33 bits per heavy atom. The molecule has 128 valence electrons. The zero-order valence-electron chi connectivity index (χ0n) is 14.7. The number of hydrogen-bond acceptors (Lipinski definition) is 2. The Bertz CT molecular complexity index is 729. The average Bonchev–Trinajstić information content (AvgIpc) is 3.14. The maximum absolute atomic E-state index is 12.7. The maximum Gasteiger partial charge on any atom is 0.320 e. The van der Waals surface area contributed by atoms with Gasteiger partial charge in [0.25, 0.3) is 0 Å². The Hall–Kier alpha value is -2.30. The highest BCUT2D eigenvalue weighted by molar-refractivity contribution is 5.90. The smallest absolute Gasteiger partial charge is 0.320 e. The first-order chi connectivity index (χ1) is 11.5. The fourth-order valence-electron chi connectivity index (χ4n) is 3.68. The molecule has 24 heavy (non-hydrogen) atoms. The first-order valence-electron chi connectivity index (χ1n) is 8.71. The second-order valence-electron chi connectivity index (χ2n) is 6.75. The van der Waals surface area contributed by atoms with Crippen molar-refractivity contribution in [3.05, 3.63) is 47.3 Å². The lowest BCUT2D eigenvalue weighted by atomic mass is 9.87. The Morgan fingerprint density at radius 3 is 2.75 bits per heavy atom. The van der Waals surface area contributed by atoms with E-state index in [9.17, 15) is 4.79 Å². The minimum Gasteiger partial charge on any atom is -0.328 e. The number of anilines is 1. The Labute approximate surface area is 143 Å². The van der Waals surface area contributed by atoms with E-state index >= 15 is 0 Å². The van der Waals surface area contributed by atoms with Crippen LogP contribution >= 0.6 is 0 Å². The first-order valence-corrected chi connectivity index (χ1v) is 8.71. The summed E-state index contributed by atoms with van der Waals surface area (Å²) in [6.45, 7) is 4.13. The lowest BCUT2D eigenvalue weighted by Crippen LogP contribution is -2.45. The molecule has 1 fully saturated rings. The molecule has 3 rings (SSSR count). The minimum absolute atomic E-state index is 0.152. The molecular weight excluding hydrogens is 300 g/mol. The van der Waals surface area contributed by atoms with Crippen molar-refractivity contribution in [3.8, 4) is 0 Å². The summed E-state index contributed by atoms with van der Waals surface area (Å²) in [5.41, 5.74) is 3.86. The molecule has 0 saturated heterocycles. The number of hydrogen-bond donors (Lipinski definition) is 2. The zero-order valence-corrected chi connectivity index (χ0v) is 14.7. The van der Waals surface area contributed by atoms with Gasteiger partial charge in [0.1, 0.15) is 0 Å². The molecule has 0 bridgehead atoms. The van der Waals surface area contributed by atoms with Gasteiger partial charge in [0.2, 0.25) is 0 Å². The van der Waals surface area contributed by atoms with E-state index in [-0.39, 0.29) is 11.6 Å². The van der Waals surface area contributed by atoms with Crippen LogP contribution in [-0.2, 0) is 19.0 Å². The van der Waals surface area contributed by atoms with E-state index in [1.54, 1.807) is 4.68 Å². The van der Waals surface area contributed by atoms with Gasteiger partial charge < -0.3 is 10.6 Å². The van der Waals surface area contributed by atoms with E-state index in [4.69, 9.17) is 0 Å². The SMILES string of the molecule is CCc1nn(C)cc1NC(=O)NC1(c2cccc(C)c2)CCCC1. The normalized spacial score (nSPS) is 16.1. The average molecular weight is 326 g/mol. The highest BCUT2D eigenvalue weighted by atomic mass is 16.2. The molecule has 0 spiro atoms. The topological polar surface area (TPSA) is 59.0 Å². The van der Waals surface area contributed by atoms with Gasteiger partial charge in [-0.05, 0) is 31.7 Å². The van der Waals surface area contributed by atoms with E-state index in [2.05, 4.69) is 46.9 Å². The van der Waals surface area contributed by atoms with Crippen molar-refractivity contribution in [2.24, 2.45) is 7.05 Å². The summed E-state index contributed by atoms with van der Waals surface area (Å²) in [5.74, 6) is 0. The van der Waals surface area contributed by atoms with Crippen molar-refractivity contribution >= 4 is 11.7 Å². The van der Waals surface area contributed by atoms with Gasteiger partial charge in [-0.3, -0.25) is 4.68 Å². The molecule has 1 aromatic heterocycles. The van der Waals surface area contributed by atoms with Crippen molar-refractivity contribution in [1.82, 2.24) is 15.1 Å². The van der Waals surface area contributed by atoms with Gasteiger partial charge in [0.05, 0.1) is 16.9 Å². The third-order valence-corrected chi connectivity index (χ3v) is 4.87. The molecule has 0 aliphatic heterocycles. The fourth-order valence-corrected chi connectivity index (χ4v) is 3.68. The Balaban J connectivity index is 1.79. The van der Waals surface area contributed by atoms with E-state index < -0.39 is 0 Å². The molecule has 0 unspecified atom stereocenters. The number of aromatic nitrogens is 2. The predicted octanol–water partition coefficient (Wildman–Crippen LogP) is 3.88. The molecule has 1 aliphatic rings. The van der Waals surface area contributed by atoms with Crippen LogP contribution in [0, 0.1) is 6.92 Å². The lowest BCUT2D eigenvalue weighted by molar-refractivity contribution is 0.236. The lowest BCUT2D eigenvalue weighted by Gasteiger charge is -2.31. The largest absolute Gasteiger partial charge is 0.328 e. The fraction of sp³-hybridized carbons (Fsp3) is 0.474. The Morgan fingerprint density at radius 2 is 2.08 bits per heavy atom. The van der Waals surface area contributed by atoms with Gasteiger partial charge in [-0.2, -0.15) is 5.10 Å². The summed E-state index contributed by atoms with van der Waals surface area (Å²) in [4.78, 5) is 12.7. The highest BCUT2D eigenvalue weighted by Gasteiger charge is 2.37. The van der Waals surface area contributed by atoms with Gasteiger partial charge in [0, 0.05) is 13.2 Å². The minimum atomic E-state index is -0.259. The number of rotatable bonds is 4. The van der Waals surface area contributed by atoms with Crippen LogP contribution in [0.5, 0.6) is 0 Å². The molecule has 1 heterocycles. The molecule has 1 aliphatic carbocycles. The molecule has 1 aromatic carbocycles. The van der Waals surface area contributed by atoms with Crippen LogP contribution in [0.2, 0.25) is 0 Å². The summed E-state index contributed by atoms with van der Waals surface area (Å²) in [7, 11) is 1.87. The van der Waals surface area contributed by atoms with E-state index in [0.717, 1.165) is 43.5 Å². The van der Waals surface area contributed by atoms with Crippen molar-refractivity contribution in [2.75, 3.05) is 5.32 Å². The molecule has 2 N–H and O–H groups in total. The maximum atomic E-state index is 12.7. The first kappa shape index (κ1) is 16.6. The molecular formula is C19H26N4O. The predicted molar refractivity (Wildman–Crippen MR) is 96.1 cm³/mol. The molecule has 0 atom stereocenters. The quantitative estimate of drug-likeness (QED) is 0.895. The standard InChI is InChI=1S/C19H26N4O/c1-4-16-17(13-23(3)22-16)20-18(24)21-19(10-5-6-11-19)15-9-7-8-14(2)12-15/h7-9,12-13H,4-6,10-11H2,1-3H3,(H2,20,21,24). The summed E-state index contributed by atoms with van der Waals surface area (Å²) >= 11 is 0. The summed E-state index contributed by atoms with van der Waals surface area (Å²) < 4.78 is 1.74. The summed E-state index contributed by atoms with van der Waals surface area (Å²) in [6, 6.07) is 8.32. The van der Waals surface area contributed by atoms with Crippen LogP contribution in [0.15, 0.2) is 30.5 Å². The number of aryl methyl sites for hydroxylation is 3. The Kier molecular flexibility index (Phi) is 4.60. The molecule has 5 heteroatoms. The molecule has 5 nitrogen and oxygen atoms in total. The van der Waals surface area contributed by atoms with Gasteiger partial charge in [0.15, 0.2) is 0 Å². The second kappa shape index (κ2) is 6.67. The van der Waals surface area contributed by atoms with Crippen molar-refractivity contribution < 1.29 is 4.79 Å². The van der Waals surface area contributed by atoms with Crippen LogP contribution in [0.4, 0.5) is 10.5 Å². The third-order valence-electron chi connectivity index (χ3n) is 4.87. The van der Waals surface area contributed by atoms with Crippen LogP contribution < -0.4 is 10.6 Å². The van der Waals surface area contributed by atoms with Crippen molar-refractivity contribution in [3.63, 3.8) is 0 Å².